The van der Waals surface area contributed by atoms with Crippen LogP contribution in [0.1, 0.15) is 11.6 Å². The monoisotopic (exact) mass is 191 g/mol. The van der Waals surface area contributed by atoms with Crippen LogP contribution in [0, 0.1) is 5.92 Å². The number of hydrogen-bond donors (Lipinski definition) is 3. The summed E-state index contributed by atoms with van der Waals surface area (Å²) in [5.74, 6) is 0.627. The van der Waals surface area contributed by atoms with Crippen LogP contribution in [0.3, 0.4) is 0 Å². The van der Waals surface area contributed by atoms with E-state index in [9.17, 15) is 0 Å². The highest BCUT2D eigenvalue weighted by Crippen LogP contribution is 2.23. The van der Waals surface area contributed by atoms with Crippen molar-refractivity contribution < 1.29 is 0 Å². The lowest BCUT2D eigenvalue weighted by atomic mass is 9.95. The van der Waals surface area contributed by atoms with Crippen molar-refractivity contribution in [1.82, 2.24) is 16.2 Å². The maximum absolute atomic E-state index is 3.32. The molecule has 3 N–H and O–H groups in total. The molecule has 1 aliphatic heterocycles. The van der Waals surface area contributed by atoms with E-state index in [0.29, 0.717) is 12.0 Å². The van der Waals surface area contributed by atoms with Gasteiger partial charge in [-0.25, -0.2) is 5.43 Å². The van der Waals surface area contributed by atoms with Crippen molar-refractivity contribution >= 4 is 0 Å². The summed E-state index contributed by atoms with van der Waals surface area (Å²) in [5.41, 5.74) is 7.89. The van der Waals surface area contributed by atoms with E-state index in [4.69, 9.17) is 0 Å². The summed E-state index contributed by atoms with van der Waals surface area (Å²) < 4.78 is 0. The molecule has 2 atom stereocenters. The number of benzene rings is 1. The Labute approximate surface area is 84.9 Å². The fourth-order valence-electron chi connectivity index (χ4n) is 2.00. The summed E-state index contributed by atoms with van der Waals surface area (Å²) in [6.45, 7) is 2.07. The quantitative estimate of drug-likeness (QED) is 0.657. The van der Waals surface area contributed by atoms with E-state index < -0.39 is 0 Å². The third-order valence-corrected chi connectivity index (χ3v) is 2.72. The zero-order valence-electron chi connectivity index (χ0n) is 8.46. The SMILES string of the molecule is CNCC1CNNC1c1ccccc1. The number of hydrogen-bond acceptors (Lipinski definition) is 3. The molecule has 1 aliphatic rings. The Morgan fingerprint density at radius 1 is 1.36 bits per heavy atom. The molecule has 0 saturated carbocycles. The van der Waals surface area contributed by atoms with Gasteiger partial charge in [0, 0.05) is 19.0 Å². The largest absolute Gasteiger partial charge is 0.319 e. The molecule has 2 rings (SSSR count). The molecular formula is C11H17N3. The smallest absolute Gasteiger partial charge is 0.0515 e. The molecule has 0 amide bonds. The van der Waals surface area contributed by atoms with Gasteiger partial charge in [-0.3, -0.25) is 5.43 Å². The Morgan fingerprint density at radius 2 is 2.14 bits per heavy atom. The fraction of sp³-hybridized carbons (Fsp3) is 0.455. The van der Waals surface area contributed by atoms with Gasteiger partial charge in [0.1, 0.15) is 0 Å². The topological polar surface area (TPSA) is 36.1 Å². The van der Waals surface area contributed by atoms with Gasteiger partial charge < -0.3 is 5.32 Å². The zero-order chi connectivity index (χ0) is 9.80. The van der Waals surface area contributed by atoms with Gasteiger partial charge in [-0.15, -0.1) is 0 Å². The number of rotatable bonds is 3. The summed E-state index contributed by atoms with van der Waals surface area (Å²) in [7, 11) is 2.00. The highest BCUT2D eigenvalue weighted by molar-refractivity contribution is 5.20. The van der Waals surface area contributed by atoms with Gasteiger partial charge in [-0.1, -0.05) is 30.3 Å². The normalized spacial score (nSPS) is 26.6. The second-order valence-corrected chi connectivity index (χ2v) is 3.73. The third kappa shape index (κ3) is 1.95. The molecule has 76 valence electrons. The van der Waals surface area contributed by atoms with Crippen molar-refractivity contribution in [3.05, 3.63) is 35.9 Å². The molecule has 1 fully saturated rings. The van der Waals surface area contributed by atoms with E-state index in [1.54, 1.807) is 0 Å². The van der Waals surface area contributed by atoms with E-state index in [1.165, 1.54) is 5.56 Å². The molecule has 1 aromatic carbocycles. The standard InChI is InChI=1S/C11H17N3/c1-12-7-10-8-13-14-11(10)9-5-3-2-4-6-9/h2-6,10-14H,7-8H2,1H3. The van der Waals surface area contributed by atoms with Gasteiger partial charge in [0.2, 0.25) is 0 Å². The minimum Gasteiger partial charge on any atom is -0.319 e. The summed E-state index contributed by atoms with van der Waals surface area (Å²) in [5, 5.41) is 3.23. The van der Waals surface area contributed by atoms with Crippen molar-refractivity contribution in [1.29, 1.82) is 0 Å². The lowest BCUT2D eigenvalue weighted by molar-refractivity contribution is 0.457. The summed E-state index contributed by atoms with van der Waals surface area (Å²) in [4.78, 5) is 0. The first-order valence-corrected chi connectivity index (χ1v) is 5.09. The van der Waals surface area contributed by atoms with Crippen LogP contribution in [0.4, 0.5) is 0 Å². The molecule has 14 heavy (non-hydrogen) atoms. The fourth-order valence-corrected chi connectivity index (χ4v) is 2.00. The van der Waals surface area contributed by atoms with Crippen molar-refractivity contribution in [2.75, 3.05) is 20.1 Å². The highest BCUT2D eigenvalue weighted by atomic mass is 15.4. The van der Waals surface area contributed by atoms with Crippen LogP contribution >= 0.6 is 0 Å². The van der Waals surface area contributed by atoms with Gasteiger partial charge in [-0.2, -0.15) is 0 Å². The first kappa shape index (κ1) is 9.65. The molecule has 3 heteroatoms. The van der Waals surface area contributed by atoms with Gasteiger partial charge in [0.05, 0.1) is 6.04 Å². The molecule has 1 saturated heterocycles. The number of nitrogens with one attached hydrogen (secondary N) is 3. The van der Waals surface area contributed by atoms with Gasteiger partial charge in [-0.05, 0) is 12.6 Å². The van der Waals surface area contributed by atoms with Gasteiger partial charge in [0.15, 0.2) is 0 Å². The van der Waals surface area contributed by atoms with Gasteiger partial charge >= 0.3 is 0 Å². The lowest BCUT2D eigenvalue weighted by Crippen LogP contribution is -2.27. The van der Waals surface area contributed by atoms with Gasteiger partial charge in [0.25, 0.3) is 0 Å². The van der Waals surface area contributed by atoms with Crippen LogP contribution in [0.2, 0.25) is 0 Å². The summed E-state index contributed by atoms with van der Waals surface area (Å²) in [6.07, 6.45) is 0. The minimum absolute atomic E-state index is 0.434. The average molecular weight is 191 g/mol. The molecule has 0 radical (unpaired) electrons. The first-order valence-electron chi connectivity index (χ1n) is 5.09. The molecule has 1 aromatic rings. The van der Waals surface area contributed by atoms with Crippen LogP contribution in [-0.2, 0) is 0 Å². The van der Waals surface area contributed by atoms with Crippen molar-refractivity contribution in [2.45, 2.75) is 6.04 Å². The molecule has 1 heterocycles. The maximum atomic E-state index is 3.32. The second-order valence-electron chi connectivity index (χ2n) is 3.73. The van der Waals surface area contributed by atoms with E-state index >= 15 is 0 Å². The van der Waals surface area contributed by atoms with Crippen LogP contribution < -0.4 is 16.2 Å². The molecule has 0 bridgehead atoms. The Kier molecular flexibility index (Phi) is 3.14. The predicted octanol–water partition coefficient (Wildman–Crippen LogP) is 0.671. The van der Waals surface area contributed by atoms with Crippen molar-refractivity contribution in [2.24, 2.45) is 5.92 Å². The van der Waals surface area contributed by atoms with E-state index in [1.807, 2.05) is 7.05 Å². The molecule has 0 aromatic heterocycles. The average Bonchev–Trinajstić information content (AvgIpc) is 2.68. The zero-order valence-corrected chi connectivity index (χ0v) is 8.46. The minimum atomic E-state index is 0.434. The molecule has 3 nitrogen and oxygen atoms in total. The molecule has 2 unspecified atom stereocenters. The van der Waals surface area contributed by atoms with Crippen molar-refractivity contribution in [3.63, 3.8) is 0 Å². The van der Waals surface area contributed by atoms with Crippen molar-refractivity contribution in [3.8, 4) is 0 Å². The van der Waals surface area contributed by atoms with E-state index in [0.717, 1.165) is 13.1 Å². The second kappa shape index (κ2) is 4.55. The van der Waals surface area contributed by atoms with Crippen LogP contribution in [0.5, 0.6) is 0 Å². The van der Waals surface area contributed by atoms with Crippen LogP contribution in [0.25, 0.3) is 0 Å². The maximum Gasteiger partial charge on any atom is 0.0515 e. The lowest BCUT2D eigenvalue weighted by Gasteiger charge is -2.18. The highest BCUT2D eigenvalue weighted by Gasteiger charge is 2.26. The summed E-state index contributed by atoms with van der Waals surface area (Å²) >= 11 is 0. The molecule has 0 aliphatic carbocycles. The van der Waals surface area contributed by atoms with E-state index in [2.05, 4.69) is 46.5 Å². The number of hydrazine groups is 1. The summed E-state index contributed by atoms with van der Waals surface area (Å²) in [6, 6.07) is 11.0. The Morgan fingerprint density at radius 3 is 2.86 bits per heavy atom. The Bertz CT molecular complexity index is 273. The van der Waals surface area contributed by atoms with E-state index in [-0.39, 0.29) is 0 Å². The Hall–Kier alpha value is -0.900. The third-order valence-electron chi connectivity index (χ3n) is 2.72. The first-order chi connectivity index (χ1) is 6.92. The molecule has 0 spiro atoms. The molecular weight excluding hydrogens is 174 g/mol. The Balaban J connectivity index is 2.10. The van der Waals surface area contributed by atoms with Crippen LogP contribution in [-0.4, -0.2) is 20.1 Å². The van der Waals surface area contributed by atoms with Crippen LogP contribution in [0.15, 0.2) is 30.3 Å². The predicted molar refractivity (Wildman–Crippen MR) is 57.7 cm³/mol.